The minimum atomic E-state index is 0.944. The van der Waals surface area contributed by atoms with E-state index in [1.807, 2.05) is 11.8 Å². The summed E-state index contributed by atoms with van der Waals surface area (Å²) in [5.74, 6) is 0. The first-order valence-corrected chi connectivity index (χ1v) is 9.74. The molecule has 0 atom stereocenters. The average molecular weight is 350 g/mol. The molecular formula is C25H18S. The van der Waals surface area contributed by atoms with Crippen molar-refractivity contribution < 1.29 is 0 Å². The third-order valence-corrected chi connectivity index (χ3v) is 6.14. The lowest BCUT2D eigenvalue weighted by atomic mass is 9.91. The van der Waals surface area contributed by atoms with Crippen LogP contribution in [0.25, 0.3) is 22.3 Å². The van der Waals surface area contributed by atoms with Gasteiger partial charge in [-0.05, 0) is 51.9 Å². The Morgan fingerprint density at radius 2 is 0.808 bits per heavy atom. The summed E-state index contributed by atoms with van der Waals surface area (Å²) in [6.45, 7) is 0. The molecule has 0 saturated heterocycles. The molecule has 0 aliphatic carbocycles. The van der Waals surface area contributed by atoms with Gasteiger partial charge in [-0.2, -0.15) is 0 Å². The van der Waals surface area contributed by atoms with Crippen LogP contribution in [-0.4, -0.2) is 0 Å². The largest absolute Gasteiger partial charge is 0.0888 e. The van der Waals surface area contributed by atoms with Gasteiger partial charge in [-0.25, -0.2) is 0 Å². The Balaban J connectivity index is 1.84. The van der Waals surface area contributed by atoms with Gasteiger partial charge in [0.15, 0.2) is 0 Å². The van der Waals surface area contributed by atoms with Gasteiger partial charge in [0.05, 0.1) is 0 Å². The summed E-state index contributed by atoms with van der Waals surface area (Å²) in [6.07, 6.45) is 0.944. The normalized spacial score (nSPS) is 12.3. The number of hydrogen-bond donors (Lipinski definition) is 0. The molecule has 124 valence electrons. The minimum absolute atomic E-state index is 0.944. The fraction of sp³-hybridized carbons (Fsp3) is 0.0400. The van der Waals surface area contributed by atoms with Crippen LogP contribution in [0.2, 0.25) is 0 Å². The lowest BCUT2D eigenvalue weighted by Gasteiger charge is -2.20. The van der Waals surface area contributed by atoms with E-state index in [0.717, 1.165) is 6.42 Å². The Morgan fingerprint density at radius 1 is 0.423 bits per heavy atom. The number of rotatable bonds is 0. The lowest BCUT2D eigenvalue weighted by molar-refractivity contribution is 1.18. The zero-order valence-corrected chi connectivity index (χ0v) is 15.2. The van der Waals surface area contributed by atoms with Crippen LogP contribution < -0.4 is 0 Å². The Kier molecular flexibility index (Phi) is 3.88. The molecule has 0 bridgehead atoms. The first kappa shape index (κ1) is 15.5. The SMILES string of the molecule is c1ccc2c(c1)Cc1ccccc1-c1ccccc1Sc1ccccc1-2. The van der Waals surface area contributed by atoms with Gasteiger partial charge in [-0.15, -0.1) is 0 Å². The number of fused-ring (bicyclic) bond motifs is 6. The fourth-order valence-electron chi connectivity index (χ4n) is 3.75. The molecule has 0 aromatic heterocycles. The van der Waals surface area contributed by atoms with E-state index in [1.165, 1.54) is 43.2 Å². The third-order valence-electron chi connectivity index (χ3n) is 4.99. The molecule has 4 aromatic carbocycles. The third kappa shape index (κ3) is 2.65. The molecule has 1 aliphatic heterocycles. The van der Waals surface area contributed by atoms with Crippen LogP contribution >= 0.6 is 11.8 Å². The molecule has 5 rings (SSSR count). The molecule has 0 unspecified atom stereocenters. The molecule has 26 heavy (non-hydrogen) atoms. The van der Waals surface area contributed by atoms with Crippen LogP contribution in [0.15, 0.2) is 107 Å². The van der Waals surface area contributed by atoms with Gasteiger partial charge < -0.3 is 0 Å². The molecule has 0 amide bonds. The molecule has 1 heteroatoms. The maximum Gasteiger partial charge on any atom is 0.0201 e. The van der Waals surface area contributed by atoms with Crippen molar-refractivity contribution in [2.75, 3.05) is 0 Å². The minimum Gasteiger partial charge on any atom is -0.0888 e. The van der Waals surface area contributed by atoms with E-state index in [2.05, 4.69) is 97.1 Å². The molecule has 0 saturated carbocycles. The van der Waals surface area contributed by atoms with E-state index in [-0.39, 0.29) is 0 Å². The van der Waals surface area contributed by atoms with Gasteiger partial charge in [0.25, 0.3) is 0 Å². The second kappa shape index (κ2) is 6.51. The van der Waals surface area contributed by atoms with Crippen LogP contribution in [-0.2, 0) is 6.42 Å². The summed E-state index contributed by atoms with van der Waals surface area (Å²) in [5.41, 5.74) is 8.08. The van der Waals surface area contributed by atoms with Crippen molar-refractivity contribution in [3.05, 3.63) is 108 Å². The highest BCUT2D eigenvalue weighted by atomic mass is 32.2. The summed E-state index contributed by atoms with van der Waals surface area (Å²) in [7, 11) is 0. The van der Waals surface area contributed by atoms with E-state index in [9.17, 15) is 0 Å². The molecule has 0 nitrogen and oxygen atoms in total. The predicted octanol–water partition coefficient (Wildman–Crippen LogP) is 7.08. The van der Waals surface area contributed by atoms with Gasteiger partial charge in [0.2, 0.25) is 0 Å². The smallest absolute Gasteiger partial charge is 0.0201 e. The van der Waals surface area contributed by atoms with Gasteiger partial charge >= 0.3 is 0 Å². The summed E-state index contributed by atoms with van der Waals surface area (Å²) in [5, 5.41) is 0. The predicted molar refractivity (Wildman–Crippen MR) is 111 cm³/mol. The monoisotopic (exact) mass is 350 g/mol. The van der Waals surface area contributed by atoms with Crippen LogP contribution in [0.1, 0.15) is 11.1 Å². The molecule has 4 aromatic rings. The van der Waals surface area contributed by atoms with Crippen molar-refractivity contribution in [2.45, 2.75) is 16.2 Å². The quantitative estimate of drug-likeness (QED) is 0.288. The van der Waals surface area contributed by atoms with Crippen LogP contribution in [0.3, 0.4) is 0 Å². The summed E-state index contributed by atoms with van der Waals surface area (Å²) in [4.78, 5) is 2.62. The Bertz CT molecular complexity index is 918. The van der Waals surface area contributed by atoms with Gasteiger partial charge in [0.1, 0.15) is 0 Å². The first-order chi connectivity index (χ1) is 12.9. The zero-order valence-electron chi connectivity index (χ0n) is 14.4. The molecular weight excluding hydrogens is 332 g/mol. The molecule has 1 heterocycles. The van der Waals surface area contributed by atoms with Crippen molar-refractivity contribution in [3.63, 3.8) is 0 Å². The summed E-state index contributed by atoms with van der Waals surface area (Å²) in [6, 6.07) is 35.2. The lowest BCUT2D eigenvalue weighted by Crippen LogP contribution is -1.98. The molecule has 0 fully saturated rings. The van der Waals surface area contributed by atoms with Crippen molar-refractivity contribution in [2.24, 2.45) is 0 Å². The topological polar surface area (TPSA) is 0 Å². The van der Waals surface area contributed by atoms with Crippen LogP contribution in [0.5, 0.6) is 0 Å². The van der Waals surface area contributed by atoms with Crippen LogP contribution in [0.4, 0.5) is 0 Å². The Hall–Kier alpha value is -2.77. The van der Waals surface area contributed by atoms with E-state index >= 15 is 0 Å². The second-order valence-electron chi connectivity index (χ2n) is 6.59. The van der Waals surface area contributed by atoms with Crippen LogP contribution in [0, 0.1) is 0 Å². The summed E-state index contributed by atoms with van der Waals surface area (Å²) >= 11 is 1.87. The maximum absolute atomic E-state index is 2.26. The van der Waals surface area contributed by atoms with E-state index < -0.39 is 0 Å². The standard InChI is InChI=1S/C25H18S/c1-3-11-20-18(9-1)17-19-10-2-4-12-21(19)23-14-6-8-16-25(23)26-24-15-7-5-13-22(20)24/h1-16H,17H2. The van der Waals surface area contributed by atoms with Gasteiger partial charge in [-0.1, -0.05) is 96.7 Å². The van der Waals surface area contributed by atoms with E-state index in [1.54, 1.807) is 0 Å². The zero-order chi connectivity index (χ0) is 17.3. The highest BCUT2D eigenvalue weighted by Crippen LogP contribution is 2.43. The number of hydrogen-bond acceptors (Lipinski definition) is 1. The molecule has 1 aliphatic rings. The van der Waals surface area contributed by atoms with E-state index in [4.69, 9.17) is 0 Å². The summed E-state index contributed by atoms with van der Waals surface area (Å²) < 4.78 is 0. The van der Waals surface area contributed by atoms with E-state index in [0.29, 0.717) is 0 Å². The Labute approximate surface area is 158 Å². The Morgan fingerprint density at radius 3 is 1.31 bits per heavy atom. The second-order valence-corrected chi connectivity index (χ2v) is 7.67. The average Bonchev–Trinajstić information content (AvgIpc) is 2.70. The van der Waals surface area contributed by atoms with Gasteiger partial charge in [-0.3, -0.25) is 0 Å². The van der Waals surface area contributed by atoms with Gasteiger partial charge in [0, 0.05) is 9.79 Å². The first-order valence-electron chi connectivity index (χ1n) is 8.92. The molecule has 0 radical (unpaired) electrons. The van der Waals surface area contributed by atoms with Crippen molar-refractivity contribution in [1.82, 2.24) is 0 Å². The van der Waals surface area contributed by atoms with Crippen molar-refractivity contribution in [3.8, 4) is 22.3 Å². The molecule has 0 spiro atoms. The number of benzene rings is 4. The maximum atomic E-state index is 2.26. The highest BCUT2D eigenvalue weighted by molar-refractivity contribution is 7.99. The van der Waals surface area contributed by atoms with Crippen molar-refractivity contribution >= 4 is 11.8 Å². The highest BCUT2D eigenvalue weighted by Gasteiger charge is 2.17. The molecule has 0 N–H and O–H groups in total. The van der Waals surface area contributed by atoms with Crippen molar-refractivity contribution in [1.29, 1.82) is 0 Å². The fourth-order valence-corrected chi connectivity index (χ4v) is 4.86.